The van der Waals surface area contributed by atoms with Crippen LogP contribution < -0.4 is 0 Å². The molecule has 1 aliphatic heterocycles. The molecule has 1 atom stereocenters. The molecule has 86 valence electrons. The monoisotopic (exact) mass is 213 g/mol. The SMILES string of the molecule is CCCCC1CC(CCC(=O)OC)=NO1. The normalized spacial score (nSPS) is 19.6. The molecule has 1 rings (SSSR count). The first-order chi connectivity index (χ1) is 7.26. The van der Waals surface area contributed by atoms with E-state index in [1.807, 2.05) is 0 Å². The van der Waals surface area contributed by atoms with Gasteiger partial charge < -0.3 is 9.57 Å². The number of methoxy groups -OCH3 is 1. The number of carbonyl (C=O) groups excluding carboxylic acids is 1. The van der Waals surface area contributed by atoms with Gasteiger partial charge in [-0.1, -0.05) is 18.5 Å². The van der Waals surface area contributed by atoms with Gasteiger partial charge >= 0.3 is 5.97 Å². The number of oxime groups is 1. The third kappa shape index (κ3) is 4.32. The molecule has 0 amide bonds. The van der Waals surface area contributed by atoms with Crippen molar-refractivity contribution in [3.05, 3.63) is 0 Å². The number of hydrogen-bond acceptors (Lipinski definition) is 4. The Labute approximate surface area is 90.6 Å². The highest BCUT2D eigenvalue weighted by Crippen LogP contribution is 2.18. The molecule has 4 nitrogen and oxygen atoms in total. The molecule has 0 saturated heterocycles. The highest BCUT2D eigenvalue weighted by Gasteiger charge is 2.20. The van der Waals surface area contributed by atoms with E-state index in [9.17, 15) is 4.79 Å². The lowest BCUT2D eigenvalue weighted by Crippen LogP contribution is -2.09. The minimum atomic E-state index is -0.185. The van der Waals surface area contributed by atoms with Crippen LogP contribution >= 0.6 is 0 Å². The Morgan fingerprint density at radius 1 is 1.67 bits per heavy atom. The molecule has 0 radical (unpaired) electrons. The zero-order valence-electron chi connectivity index (χ0n) is 9.49. The standard InChI is InChI=1S/C11H19NO3/c1-3-4-5-10-8-9(12-15-10)6-7-11(13)14-2/h10H,3-8H2,1-2H3. The fraction of sp³-hybridized carbons (Fsp3) is 0.818. The summed E-state index contributed by atoms with van der Waals surface area (Å²) in [7, 11) is 1.40. The van der Waals surface area contributed by atoms with Crippen molar-refractivity contribution >= 4 is 11.7 Å². The number of esters is 1. The van der Waals surface area contributed by atoms with Crippen molar-refractivity contribution in [1.29, 1.82) is 0 Å². The topological polar surface area (TPSA) is 47.9 Å². The zero-order valence-corrected chi connectivity index (χ0v) is 9.49. The van der Waals surface area contributed by atoms with Crippen molar-refractivity contribution in [3.63, 3.8) is 0 Å². The molecule has 15 heavy (non-hydrogen) atoms. The second-order valence-electron chi connectivity index (χ2n) is 3.81. The number of ether oxygens (including phenoxy) is 1. The van der Waals surface area contributed by atoms with E-state index < -0.39 is 0 Å². The third-order valence-electron chi connectivity index (χ3n) is 2.52. The summed E-state index contributed by atoms with van der Waals surface area (Å²) in [5, 5.41) is 3.99. The molecule has 0 N–H and O–H groups in total. The van der Waals surface area contributed by atoms with E-state index in [1.165, 1.54) is 20.0 Å². The van der Waals surface area contributed by atoms with E-state index in [-0.39, 0.29) is 12.1 Å². The van der Waals surface area contributed by atoms with Gasteiger partial charge in [0.2, 0.25) is 0 Å². The highest BCUT2D eigenvalue weighted by molar-refractivity contribution is 5.88. The fourth-order valence-corrected chi connectivity index (χ4v) is 1.57. The van der Waals surface area contributed by atoms with Crippen molar-refractivity contribution < 1.29 is 14.4 Å². The van der Waals surface area contributed by atoms with E-state index in [1.54, 1.807) is 0 Å². The Morgan fingerprint density at radius 3 is 3.13 bits per heavy atom. The van der Waals surface area contributed by atoms with Crippen molar-refractivity contribution in [3.8, 4) is 0 Å². The van der Waals surface area contributed by atoms with Crippen molar-refractivity contribution in [2.45, 2.75) is 51.6 Å². The summed E-state index contributed by atoms with van der Waals surface area (Å²) in [5.74, 6) is -0.185. The summed E-state index contributed by atoms with van der Waals surface area (Å²) in [6.45, 7) is 2.16. The van der Waals surface area contributed by atoms with E-state index in [0.717, 1.165) is 18.6 Å². The van der Waals surface area contributed by atoms with Crippen molar-refractivity contribution in [1.82, 2.24) is 0 Å². The smallest absolute Gasteiger partial charge is 0.305 e. The second-order valence-corrected chi connectivity index (χ2v) is 3.81. The first kappa shape index (κ1) is 12.0. The molecule has 0 saturated carbocycles. The third-order valence-corrected chi connectivity index (χ3v) is 2.52. The van der Waals surface area contributed by atoms with Gasteiger partial charge in [0.25, 0.3) is 0 Å². The molecule has 0 aromatic rings. The van der Waals surface area contributed by atoms with Gasteiger partial charge in [-0.15, -0.1) is 0 Å². The molecule has 0 bridgehead atoms. The van der Waals surface area contributed by atoms with Gasteiger partial charge in [-0.05, 0) is 19.3 Å². The summed E-state index contributed by atoms with van der Waals surface area (Å²) >= 11 is 0. The molecule has 0 aliphatic carbocycles. The van der Waals surface area contributed by atoms with Gasteiger partial charge in [0.15, 0.2) is 0 Å². The number of carbonyl (C=O) groups is 1. The average Bonchev–Trinajstić information content (AvgIpc) is 2.71. The predicted octanol–water partition coefficient (Wildman–Crippen LogP) is 2.27. The quantitative estimate of drug-likeness (QED) is 0.636. The van der Waals surface area contributed by atoms with Gasteiger partial charge in [-0.3, -0.25) is 4.79 Å². The second kappa shape index (κ2) is 6.43. The lowest BCUT2D eigenvalue weighted by molar-refractivity contribution is -0.140. The number of unbranched alkanes of at least 4 members (excludes halogenated alkanes) is 1. The Hall–Kier alpha value is -1.06. The summed E-state index contributed by atoms with van der Waals surface area (Å²) in [6, 6.07) is 0. The van der Waals surface area contributed by atoms with Crippen LogP contribution in [-0.4, -0.2) is 24.9 Å². The Kier molecular flexibility index (Phi) is 5.15. The molecule has 1 aliphatic rings. The average molecular weight is 213 g/mol. The summed E-state index contributed by atoms with van der Waals surface area (Å²) < 4.78 is 4.57. The molecule has 0 aromatic carbocycles. The van der Waals surface area contributed by atoms with E-state index in [2.05, 4.69) is 16.8 Å². The highest BCUT2D eigenvalue weighted by atomic mass is 16.6. The maximum Gasteiger partial charge on any atom is 0.305 e. The van der Waals surface area contributed by atoms with Crippen LogP contribution in [0.15, 0.2) is 5.16 Å². The van der Waals surface area contributed by atoms with E-state index in [4.69, 9.17) is 4.84 Å². The molecule has 0 aromatic heterocycles. The Morgan fingerprint density at radius 2 is 2.47 bits per heavy atom. The Balaban J connectivity index is 2.15. The number of rotatable bonds is 6. The van der Waals surface area contributed by atoms with Gasteiger partial charge in [0.1, 0.15) is 6.10 Å². The van der Waals surface area contributed by atoms with Crippen LogP contribution in [0.4, 0.5) is 0 Å². The summed E-state index contributed by atoms with van der Waals surface area (Å²) in [5.41, 5.74) is 0.988. The predicted molar refractivity (Wildman–Crippen MR) is 57.7 cm³/mol. The fourth-order valence-electron chi connectivity index (χ4n) is 1.57. The van der Waals surface area contributed by atoms with Crippen LogP contribution in [0.5, 0.6) is 0 Å². The molecule has 0 spiro atoms. The van der Waals surface area contributed by atoms with Crippen LogP contribution in [0.3, 0.4) is 0 Å². The summed E-state index contributed by atoms with van der Waals surface area (Å²) in [6.07, 6.45) is 5.58. The number of hydrogen-bond donors (Lipinski definition) is 0. The van der Waals surface area contributed by atoms with Crippen molar-refractivity contribution in [2.75, 3.05) is 7.11 Å². The maximum atomic E-state index is 10.9. The van der Waals surface area contributed by atoms with Crippen LogP contribution in [0.1, 0.15) is 45.4 Å². The molecule has 1 heterocycles. The van der Waals surface area contributed by atoms with Crippen molar-refractivity contribution in [2.24, 2.45) is 5.16 Å². The lowest BCUT2D eigenvalue weighted by Gasteiger charge is -2.05. The van der Waals surface area contributed by atoms with Gasteiger partial charge in [0.05, 0.1) is 19.2 Å². The lowest BCUT2D eigenvalue weighted by atomic mass is 10.0. The number of nitrogens with zero attached hydrogens (tertiary/aromatic N) is 1. The van der Waals surface area contributed by atoms with Gasteiger partial charge in [-0.2, -0.15) is 0 Å². The van der Waals surface area contributed by atoms with Crippen LogP contribution in [0, 0.1) is 0 Å². The molecule has 4 heteroatoms. The zero-order chi connectivity index (χ0) is 11.1. The minimum Gasteiger partial charge on any atom is -0.469 e. The van der Waals surface area contributed by atoms with Crippen LogP contribution in [0.2, 0.25) is 0 Å². The van der Waals surface area contributed by atoms with Crippen LogP contribution in [0.25, 0.3) is 0 Å². The Bertz CT molecular complexity index is 238. The van der Waals surface area contributed by atoms with Gasteiger partial charge in [-0.25, -0.2) is 0 Å². The minimum absolute atomic E-state index is 0.185. The largest absolute Gasteiger partial charge is 0.469 e. The first-order valence-corrected chi connectivity index (χ1v) is 5.54. The first-order valence-electron chi connectivity index (χ1n) is 5.54. The molecule has 1 unspecified atom stereocenters. The molecular weight excluding hydrogens is 194 g/mol. The maximum absolute atomic E-state index is 10.9. The van der Waals surface area contributed by atoms with E-state index in [0.29, 0.717) is 12.8 Å². The molecular formula is C11H19NO3. The summed E-state index contributed by atoms with van der Waals surface area (Å²) in [4.78, 5) is 16.2. The molecule has 0 fully saturated rings. The van der Waals surface area contributed by atoms with E-state index >= 15 is 0 Å². The van der Waals surface area contributed by atoms with Gasteiger partial charge in [0, 0.05) is 6.42 Å². The van der Waals surface area contributed by atoms with Crippen LogP contribution in [-0.2, 0) is 14.4 Å².